The van der Waals surface area contributed by atoms with E-state index in [-0.39, 0.29) is 30.0 Å². The number of hydrogen-bond acceptors (Lipinski definition) is 4. The number of nitrogens with one attached hydrogen (secondary N) is 2. The van der Waals surface area contributed by atoms with Crippen molar-refractivity contribution in [1.82, 2.24) is 10.6 Å². The van der Waals surface area contributed by atoms with Crippen molar-refractivity contribution in [2.24, 2.45) is 4.99 Å². The first-order chi connectivity index (χ1) is 14.2. The Morgan fingerprint density at radius 1 is 1.17 bits per heavy atom. The zero-order chi connectivity index (χ0) is 20.9. The number of guanidine groups is 1. The van der Waals surface area contributed by atoms with Crippen LogP contribution in [0.2, 0.25) is 0 Å². The third-order valence-corrected chi connectivity index (χ3v) is 4.76. The molecular formula is C23H38IN3O3. The van der Waals surface area contributed by atoms with Crippen LogP contribution >= 0.6 is 24.0 Å². The molecule has 1 heterocycles. The van der Waals surface area contributed by atoms with Gasteiger partial charge in [0.05, 0.1) is 32.5 Å². The van der Waals surface area contributed by atoms with Crippen molar-refractivity contribution in [3.8, 4) is 11.5 Å². The van der Waals surface area contributed by atoms with Crippen LogP contribution in [0.3, 0.4) is 0 Å². The van der Waals surface area contributed by atoms with Gasteiger partial charge in [0.2, 0.25) is 0 Å². The fourth-order valence-electron chi connectivity index (χ4n) is 3.07. The van der Waals surface area contributed by atoms with E-state index < -0.39 is 0 Å². The summed E-state index contributed by atoms with van der Waals surface area (Å²) in [6.07, 6.45) is 6.15. The summed E-state index contributed by atoms with van der Waals surface area (Å²) in [6.45, 7) is 10.1. The molecule has 30 heavy (non-hydrogen) atoms. The van der Waals surface area contributed by atoms with E-state index in [4.69, 9.17) is 14.2 Å². The van der Waals surface area contributed by atoms with E-state index in [2.05, 4.69) is 54.6 Å². The molecule has 1 unspecified atom stereocenters. The maximum absolute atomic E-state index is 5.92. The Hall–Kier alpha value is -1.48. The highest BCUT2D eigenvalue weighted by molar-refractivity contribution is 14.0. The lowest BCUT2D eigenvalue weighted by Crippen LogP contribution is -2.39. The normalized spacial score (nSPS) is 14.9. The largest absolute Gasteiger partial charge is 0.490 e. The van der Waals surface area contributed by atoms with Gasteiger partial charge in [-0.05, 0) is 50.3 Å². The van der Waals surface area contributed by atoms with E-state index in [9.17, 15) is 0 Å². The smallest absolute Gasteiger partial charge is 0.191 e. The highest BCUT2D eigenvalue weighted by Gasteiger charge is 2.13. The molecule has 0 aliphatic carbocycles. The zero-order valence-electron chi connectivity index (χ0n) is 18.8. The number of ether oxygens (including phenoxy) is 3. The first kappa shape index (κ1) is 26.6. The highest BCUT2D eigenvalue weighted by Crippen LogP contribution is 2.31. The van der Waals surface area contributed by atoms with E-state index in [0.29, 0.717) is 13.2 Å². The van der Waals surface area contributed by atoms with Crippen molar-refractivity contribution >= 4 is 29.9 Å². The van der Waals surface area contributed by atoms with Gasteiger partial charge in [-0.15, -0.1) is 24.0 Å². The van der Waals surface area contributed by atoms with Crippen molar-refractivity contribution in [2.45, 2.75) is 52.5 Å². The van der Waals surface area contributed by atoms with E-state index in [1.807, 2.05) is 6.07 Å². The van der Waals surface area contributed by atoms with Gasteiger partial charge in [0.1, 0.15) is 0 Å². The van der Waals surface area contributed by atoms with Gasteiger partial charge >= 0.3 is 0 Å². The minimum Gasteiger partial charge on any atom is -0.490 e. The molecule has 1 atom stereocenters. The molecule has 1 aromatic carbocycles. The second-order valence-electron chi connectivity index (χ2n) is 7.21. The molecule has 1 aliphatic rings. The van der Waals surface area contributed by atoms with Gasteiger partial charge in [-0.1, -0.05) is 31.6 Å². The number of halogens is 1. The fraction of sp³-hybridized carbons (Fsp3) is 0.609. The average molecular weight is 531 g/mol. The Morgan fingerprint density at radius 2 is 1.90 bits per heavy atom. The third kappa shape index (κ3) is 9.12. The Balaban J connectivity index is 0.00000450. The number of aliphatic imine (C=N–C) groups is 1. The summed E-state index contributed by atoms with van der Waals surface area (Å²) in [7, 11) is 1.80. The monoisotopic (exact) mass is 531 g/mol. The lowest BCUT2D eigenvalue weighted by Gasteiger charge is -2.21. The van der Waals surface area contributed by atoms with Crippen molar-refractivity contribution < 1.29 is 14.2 Å². The first-order valence-corrected chi connectivity index (χ1v) is 10.8. The molecule has 0 fully saturated rings. The summed E-state index contributed by atoms with van der Waals surface area (Å²) in [4.78, 5) is 4.36. The molecule has 0 radical (unpaired) electrons. The van der Waals surface area contributed by atoms with Crippen LogP contribution in [0.25, 0.3) is 0 Å². The minimum atomic E-state index is 0. The second kappa shape index (κ2) is 15.3. The number of nitrogens with zero attached hydrogens (tertiary/aromatic N) is 1. The lowest BCUT2D eigenvalue weighted by atomic mass is 10.1. The standard InChI is InChI=1S/C23H37N3O3.HI/c1-5-13-28-21-8-7-20(17-22(21)29-14-6-2)18(3)26-23(24-4)25-12-9-19-10-15-27-16-11-19;/h7-8,10,17-18H,5-6,9,11-16H2,1-4H3,(H2,24,25,26);1H. The third-order valence-electron chi connectivity index (χ3n) is 4.76. The van der Waals surface area contributed by atoms with E-state index >= 15 is 0 Å². The van der Waals surface area contributed by atoms with Crippen LogP contribution in [-0.2, 0) is 4.74 Å². The number of hydrogen-bond donors (Lipinski definition) is 2. The molecule has 0 amide bonds. The van der Waals surface area contributed by atoms with Crippen LogP contribution < -0.4 is 20.1 Å². The van der Waals surface area contributed by atoms with Crippen molar-refractivity contribution in [1.29, 1.82) is 0 Å². The molecule has 2 rings (SSSR count). The summed E-state index contributed by atoms with van der Waals surface area (Å²) in [6, 6.07) is 6.25. The van der Waals surface area contributed by atoms with Crippen molar-refractivity contribution in [3.63, 3.8) is 0 Å². The molecule has 0 bridgehead atoms. The summed E-state index contributed by atoms with van der Waals surface area (Å²) in [5.74, 6) is 2.41. The molecule has 0 aromatic heterocycles. The van der Waals surface area contributed by atoms with E-state index in [1.165, 1.54) is 5.57 Å². The Morgan fingerprint density at radius 3 is 2.53 bits per heavy atom. The Labute approximate surface area is 198 Å². The molecule has 170 valence electrons. The van der Waals surface area contributed by atoms with Gasteiger partial charge in [0.25, 0.3) is 0 Å². The van der Waals surface area contributed by atoms with Gasteiger partial charge in [-0.2, -0.15) is 0 Å². The summed E-state index contributed by atoms with van der Waals surface area (Å²) < 4.78 is 17.1. The molecule has 1 aliphatic heterocycles. The van der Waals surface area contributed by atoms with Crippen LogP contribution in [0.4, 0.5) is 0 Å². The predicted molar refractivity (Wildman–Crippen MR) is 134 cm³/mol. The summed E-state index contributed by atoms with van der Waals surface area (Å²) in [5, 5.41) is 6.87. The maximum atomic E-state index is 5.92. The van der Waals surface area contributed by atoms with Crippen LogP contribution in [-0.4, -0.2) is 46.0 Å². The topological polar surface area (TPSA) is 64.1 Å². The van der Waals surface area contributed by atoms with Gasteiger partial charge in [0.15, 0.2) is 17.5 Å². The zero-order valence-corrected chi connectivity index (χ0v) is 21.2. The lowest BCUT2D eigenvalue weighted by molar-refractivity contribution is 0.153. The van der Waals surface area contributed by atoms with Gasteiger partial charge in [0, 0.05) is 13.6 Å². The van der Waals surface area contributed by atoms with Crippen molar-refractivity contribution in [2.75, 3.05) is 40.0 Å². The van der Waals surface area contributed by atoms with Crippen LogP contribution in [0.1, 0.15) is 58.1 Å². The van der Waals surface area contributed by atoms with Gasteiger partial charge in [-0.25, -0.2) is 0 Å². The molecule has 2 N–H and O–H groups in total. The maximum Gasteiger partial charge on any atom is 0.191 e. The van der Waals surface area contributed by atoms with E-state index in [1.54, 1.807) is 7.05 Å². The molecule has 6 nitrogen and oxygen atoms in total. The van der Waals surface area contributed by atoms with Crippen LogP contribution in [0.15, 0.2) is 34.8 Å². The minimum absolute atomic E-state index is 0. The predicted octanol–water partition coefficient (Wildman–Crippen LogP) is 4.85. The van der Waals surface area contributed by atoms with Crippen LogP contribution in [0, 0.1) is 0 Å². The van der Waals surface area contributed by atoms with Gasteiger partial charge in [-0.3, -0.25) is 4.99 Å². The summed E-state index contributed by atoms with van der Waals surface area (Å²) >= 11 is 0. The van der Waals surface area contributed by atoms with E-state index in [0.717, 1.165) is 68.5 Å². The molecule has 7 heteroatoms. The molecule has 0 spiro atoms. The SMILES string of the molecule is CCCOc1ccc(C(C)NC(=NC)NCCC2=CCOCC2)cc1OCCC.I. The summed E-state index contributed by atoms with van der Waals surface area (Å²) in [5.41, 5.74) is 2.59. The molecular weight excluding hydrogens is 493 g/mol. The molecule has 1 aromatic rings. The fourth-order valence-corrected chi connectivity index (χ4v) is 3.07. The van der Waals surface area contributed by atoms with Crippen LogP contribution in [0.5, 0.6) is 11.5 Å². The Kier molecular flexibility index (Phi) is 13.6. The number of rotatable bonds is 11. The number of benzene rings is 1. The first-order valence-electron chi connectivity index (χ1n) is 10.8. The highest BCUT2D eigenvalue weighted by atomic mass is 127. The molecule has 0 saturated carbocycles. The second-order valence-corrected chi connectivity index (χ2v) is 7.21. The van der Waals surface area contributed by atoms with Crippen molar-refractivity contribution in [3.05, 3.63) is 35.4 Å². The Bertz CT molecular complexity index is 680. The average Bonchev–Trinajstić information content (AvgIpc) is 2.76. The molecule has 0 saturated heterocycles. The van der Waals surface area contributed by atoms with Gasteiger partial charge < -0.3 is 24.8 Å². The quantitative estimate of drug-likeness (QED) is 0.185.